The van der Waals surface area contributed by atoms with Crippen LogP contribution in [0.2, 0.25) is 0 Å². The highest BCUT2D eigenvalue weighted by molar-refractivity contribution is 7.81. The lowest BCUT2D eigenvalue weighted by Crippen LogP contribution is -2.74. The number of ether oxygens (including phenoxy) is 1. The first-order valence-electron chi connectivity index (χ1n) is 12.0. The number of hydrogen-bond acceptors (Lipinski definition) is 6. The summed E-state index contributed by atoms with van der Waals surface area (Å²) in [5.74, 6) is 0.677. The maximum Gasteiger partial charge on any atom is 0.223 e. The van der Waals surface area contributed by atoms with E-state index in [1.807, 2.05) is 0 Å². The Morgan fingerprint density at radius 2 is 1.90 bits per heavy atom. The van der Waals surface area contributed by atoms with E-state index in [0.29, 0.717) is 18.8 Å². The first kappa shape index (κ1) is 22.0. The van der Waals surface area contributed by atoms with Crippen LogP contribution in [0.1, 0.15) is 66.7 Å². The van der Waals surface area contributed by atoms with E-state index < -0.39 is 11.7 Å². The fraction of sp³-hybridized carbons (Fsp3) is 0.917. The predicted molar refractivity (Wildman–Crippen MR) is 121 cm³/mol. The fourth-order valence-corrected chi connectivity index (χ4v) is 9.40. The minimum atomic E-state index is -0.512. The van der Waals surface area contributed by atoms with E-state index in [-0.39, 0.29) is 57.8 Å². The van der Waals surface area contributed by atoms with Gasteiger partial charge in [-0.05, 0) is 56.3 Å². The number of fused-ring (bicyclic) bond motifs is 3. The summed E-state index contributed by atoms with van der Waals surface area (Å²) >= 11 is 4.90. The average molecular weight is 451 g/mol. The SMILES string of the molecule is CC1NC(=O)C2CC(O)C3CC4(C)C(C)CCC5C(C)(C)C(=NO)C(S)CC54OC3C12. The van der Waals surface area contributed by atoms with Crippen LogP contribution in [0, 0.1) is 40.4 Å². The highest BCUT2D eigenvalue weighted by Gasteiger charge is 2.71. The predicted octanol–water partition coefficient (Wildman–Crippen LogP) is 3.26. The standard InChI is InChI=1S/C24H38N2O4S/c1-11-6-7-17-22(3,4)20(26-29)16(31)10-24(17)23(11,5)9-14-15(27)8-13-18(19(14)30-24)12(2)25-21(13)28/h11-19,27,29,31H,6-10H2,1-5H3,(H,25,28). The zero-order valence-electron chi connectivity index (χ0n) is 19.3. The Hall–Kier alpha value is -0.790. The van der Waals surface area contributed by atoms with Gasteiger partial charge in [-0.2, -0.15) is 12.6 Å². The minimum absolute atomic E-state index is 0.0441. The van der Waals surface area contributed by atoms with Crippen molar-refractivity contribution < 1.29 is 19.8 Å². The molecule has 2 saturated heterocycles. The van der Waals surface area contributed by atoms with Crippen molar-refractivity contribution in [2.24, 2.45) is 45.6 Å². The third-order valence-corrected chi connectivity index (χ3v) is 10.9. The van der Waals surface area contributed by atoms with Gasteiger partial charge in [0.1, 0.15) is 0 Å². The molecule has 3 N–H and O–H groups in total. The number of carbonyl (C=O) groups is 1. The molecule has 5 aliphatic rings. The van der Waals surface area contributed by atoms with Gasteiger partial charge in [0.15, 0.2) is 0 Å². The maximum atomic E-state index is 12.6. The summed E-state index contributed by atoms with van der Waals surface area (Å²) in [5, 5.41) is 27.6. The molecule has 1 amide bonds. The van der Waals surface area contributed by atoms with E-state index in [0.717, 1.165) is 25.0 Å². The number of amides is 1. The largest absolute Gasteiger partial charge is 0.411 e. The molecule has 11 unspecified atom stereocenters. The van der Waals surface area contributed by atoms with Gasteiger partial charge in [-0.3, -0.25) is 4.79 Å². The van der Waals surface area contributed by atoms with Crippen molar-refractivity contribution in [3.05, 3.63) is 0 Å². The summed E-state index contributed by atoms with van der Waals surface area (Å²) in [6, 6.07) is 0.0516. The number of nitrogens with zero attached hydrogens (tertiary/aromatic N) is 1. The molecule has 5 fully saturated rings. The van der Waals surface area contributed by atoms with Crippen LogP contribution in [0.15, 0.2) is 5.16 Å². The highest BCUT2D eigenvalue weighted by Crippen LogP contribution is 2.68. The van der Waals surface area contributed by atoms with Crippen molar-refractivity contribution in [2.75, 3.05) is 0 Å². The molecule has 5 rings (SSSR count). The highest BCUT2D eigenvalue weighted by atomic mass is 32.1. The molecular formula is C24H38N2O4S. The Morgan fingerprint density at radius 1 is 1.19 bits per heavy atom. The molecule has 1 spiro atoms. The summed E-state index contributed by atoms with van der Waals surface area (Å²) in [7, 11) is 0. The molecule has 3 saturated carbocycles. The van der Waals surface area contributed by atoms with Crippen molar-refractivity contribution >= 4 is 24.2 Å². The average Bonchev–Trinajstić information content (AvgIpc) is 2.95. The Morgan fingerprint density at radius 3 is 2.58 bits per heavy atom. The van der Waals surface area contributed by atoms with Crippen molar-refractivity contribution in [3.8, 4) is 0 Å². The van der Waals surface area contributed by atoms with Gasteiger partial charge >= 0.3 is 0 Å². The lowest BCUT2D eigenvalue weighted by atomic mass is 9.42. The number of carbonyl (C=O) groups excluding carboxylic acids is 1. The van der Waals surface area contributed by atoms with E-state index in [1.165, 1.54) is 0 Å². The van der Waals surface area contributed by atoms with Crippen LogP contribution >= 0.6 is 12.6 Å². The fourth-order valence-electron chi connectivity index (χ4n) is 8.75. The van der Waals surface area contributed by atoms with Gasteiger partial charge < -0.3 is 20.4 Å². The number of rotatable bonds is 0. The van der Waals surface area contributed by atoms with Gasteiger partial charge in [0.2, 0.25) is 5.91 Å². The molecule has 0 aromatic rings. The molecule has 7 heteroatoms. The van der Waals surface area contributed by atoms with Crippen molar-refractivity contribution in [2.45, 2.75) is 95.8 Å². The molecule has 11 atom stereocenters. The number of thiol groups is 1. The van der Waals surface area contributed by atoms with Gasteiger partial charge in [0.05, 0.1) is 23.5 Å². The van der Waals surface area contributed by atoms with Crippen molar-refractivity contribution in [1.82, 2.24) is 5.32 Å². The molecule has 2 aliphatic heterocycles. The normalized spacial score (nSPS) is 56.8. The van der Waals surface area contributed by atoms with E-state index in [2.05, 4.69) is 45.1 Å². The van der Waals surface area contributed by atoms with E-state index >= 15 is 0 Å². The Labute approximate surface area is 191 Å². The second-order valence-corrected chi connectivity index (χ2v) is 12.6. The summed E-state index contributed by atoms with van der Waals surface area (Å²) in [5.41, 5.74) is -0.108. The lowest BCUT2D eigenvalue weighted by molar-refractivity contribution is -0.319. The van der Waals surface area contributed by atoms with Crippen LogP contribution in [0.3, 0.4) is 0 Å². The summed E-state index contributed by atoms with van der Waals surface area (Å²) in [6.45, 7) is 11.1. The quantitative estimate of drug-likeness (QED) is 0.259. The van der Waals surface area contributed by atoms with Crippen LogP contribution < -0.4 is 5.32 Å². The Kier molecular flexibility index (Phi) is 4.87. The number of aliphatic hydroxyl groups excluding tert-OH is 1. The number of hydrogen-bond donors (Lipinski definition) is 4. The number of oxime groups is 1. The molecule has 0 radical (unpaired) electrons. The van der Waals surface area contributed by atoms with Gasteiger partial charge in [-0.15, -0.1) is 0 Å². The Balaban J connectivity index is 1.63. The van der Waals surface area contributed by atoms with Gasteiger partial charge in [-0.1, -0.05) is 32.9 Å². The molecule has 6 nitrogen and oxygen atoms in total. The molecule has 31 heavy (non-hydrogen) atoms. The lowest BCUT2D eigenvalue weighted by Gasteiger charge is -2.70. The van der Waals surface area contributed by atoms with Gasteiger partial charge in [0.25, 0.3) is 0 Å². The van der Waals surface area contributed by atoms with Crippen LogP contribution in [0.25, 0.3) is 0 Å². The smallest absolute Gasteiger partial charge is 0.223 e. The molecule has 0 bridgehead atoms. The van der Waals surface area contributed by atoms with Crippen LogP contribution in [-0.2, 0) is 9.53 Å². The maximum absolute atomic E-state index is 12.6. The molecule has 2 heterocycles. The number of aliphatic hydroxyl groups is 1. The molecule has 174 valence electrons. The van der Waals surface area contributed by atoms with Crippen LogP contribution in [0.5, 0.6) is 0 Å². The topological polar surface area (TPSA) is 91.2 Å². The first-order chi connectivity index (χ1) is 14.5. The van der Waals surface area contributed by atoms with Crippen molar-refractivity contribution in [1.29, 1.82) is 0 Å². The summed E-state index contributed by atoms with van der Waals surface area (Å²) in [6.07, 6.45) is 3.61. The Bertz CT molecular complexity index is 817. The third-order valence-electron chi connectivity index (χ3n) is 10.5. The van der Waals surface area contributed by atoms with E-state index in [4.69, 9.17) is 17.4 Å². The molecule has 0 aromatic heterocycles. The number of nitrogens with one attached hydrogen (secondary N) is 1. The molecular weight excluding hydrogens is 412 g/mol. The van der Waals surface area contributed by atoms with Gasteiger partial charge in [-0.25, -0.2) is 0 Å². The molecule has 3 aliphatic carbocycles. The summed E-state index contributed by atoms with van der Waals surface area (Å²) in [4.78, 5) is 12.6. The first-order valence-corrected chi connectivity index (χ1v) is 12.6. The monoisotopic (exact) mass is 450 g/mol. The molecule has 0 aromatic carbocycles. The van der Waals surface area contributed by atoms with E-state index in [1.54, 1.807) is 0 Å². The summed E-state index contributed by atoms with van der Waals surface area (Å²) < 4.78 is 7.32. The van der Waals surface area contributed by atoms with E-state index in [9.17, 15) is 15.1 Å². The van der Waals surface area contributed by atoms with Crippen molar-refractivity contribution in [3.63, 3.8) is 0 Å². The zero-order valence-corrected chi connectivity index (χ0v) is 20.2. The van der Waals surface area contributed by atoms with Gasteiger partial charge in [0, 0.05) is 34.5 Å². The van der Waals surface area contributed by atoms with Crippen LogP contribution in [0.4, 0.5) is 0 Å². The third kappa shape index (κ3) is 2.66. The van der Waals surface area contributed by atoms with Crippen LogP contribution in [-0.4, -0.2) is 51.0 Å². The second-order valence-electron chi connectivity index (χ2n) is 12.0. The zero-order chi connectivity index (χ0) is 22.5. The minimum Gasteiger partial charge on any atom is -0.411 e. The second kappa shape index (κ2) is 6.86.